The normalized spacial score (nSPS) is 14.9. The fourth-order valence-corrected chi connectivity index (χ4v) is 4.89. The fraction of sp³-hybridized carbons (Fsp3) is 0.364. The van der Waals surface area contributed by atoms with Crippen LogP contribution in [0, 0.1) is 6.92 Å². The van der Waals surface area contributed by atoms with E-state index in [0.29, 0.717) is 30.9 Å². The molecule has 3 rings (SSSR count). The lowest BCUT2D eigenvalue weighted by Crippen LogP contribution is -2.35. The van der Waals surface area contributed by atoms with E-state index < -0.39 is 15.9 Å². The Morgan fingerprint density at radius 2 is 1.73 bits per heavy atom. The van der Waals surface area contributed by atoms with Crippen LogP contribution in [0.4, 0.5) is 11.4 Å². The van der Waals surface area contributed by atoms with Gasteiger partial charge in [0, 0.05) is 36.4 Å². The van der Waals surface area contributed by atoms with Crippen molar-refractivity contribution in [3.05, 3.63) is 53.6 Å². The Hall–Kier alpha value is -2.71. The molecule has 2 N–H and O–H groups in total. The predicted octanol–water partition coefficient (Wildman–Crippen LogP) is 3.77. The first-order chi connectivity index (χ1) is 14.3. The number of sulfonamides is 1. The number of aryl methyl sites for hydroxylation is 1. The maximum atomic E-state index is 12.9. The van der Waals surface area contributed by atoms with Crippen LogP contribution in [0.2, 0.25) is 0 Å². The molecule has 7 nitrogen and oxygen atoms in total. The van der Waals surface area contributed by atoms with Gasteiger partial charge in [-0.15, -0.1) is 0 Å². The van der Waals surface area contributed by atoms with Crippen LogP contribution >= 0.6 is 0 Å². The molecule has 30 heavy (non-hydrogen) atoms. The molecule has 1 fully saturated rings. The fourth-order valence-electron chi connectivity index (χ4n) is 3.33. The van der Waals surface area contributed by atoms with Crippen LogP contribution in [-0.2, 0) is 14.8 Å². The van der Waals surface area contributed by atoms with E-state index in [0.717, 1.165) is 24.8 Å². The number of nitrogens with one attached hydrogen (secondary N) is 2. The summed E-state index contributed by atoms with van der Waals surface area (Å²) in [6.07, 6.45) is 3.09. The van der Waals surface area contributed by atoms with Gasteiger partial charge in [-0.3, -0.25) is 9.59 Å². The molecule has 160 valence electrons. The van der Waals surface area contributed by atoms with Gasteiger partial charge in [-0.25, -0.2) is 8.42 Å². The highest BCUT2D eigenvalue weighted by molar-refractivity contribution is 7.89. The molecule has 0 aliphatic carbocycles. The standard InChI is InChI=1S/C22H27N3O4S/c1-3-21(26)23-18-11-10-16(2)20(15-18)24-22(27)17-8-7-9-19(14-17)30(28,29)25-12-5-4-6-13-25/h7-11,14-15H,3-6,12-13H2,1-2H3,(H,23,26)(H,24,27). The highest BCUT2D eigenvalue weighted by Crippen LogP contribution is 2.24. The molecule has 0 bridgehead atoms. The average Bonchev–Trinajstić information content (AvgIpc) is 2.76. The highest BCUT2D eigenvalue weighted by atomic mass is 32.2. The van der Waals surface area contributed by atoms with Crippen LogP contribution in [0.25, 0.3) is 0 Å². The van der Waals surface area contributed by atoms with Gasteiger partial charge in [0.05, 0.1) is 4.90 Å². The summed E-state index contributed by atoms with van der Waals surface area (Å²) in [6, 6.07) is 11.4. The second kappa shape index (κ2) is 9.40. The Morgan fingerprint density at radius 3 is 2.43 bits per heavy atom. The van der Waals surface area contributed by atoms with Gasteiger partial charge < -0.3 is 10.6 Å². The Balaban J connectivity index is 1.80. The molecule has 2 amide bonds. The minimum Gasteiger partial charge on any atom is -0.326 e. The third-order valence-corrected chi connectivity index (χ3v) is 7.03. The monoisotopic (exact) mass is 429 g/mol. The van der Waals surface area contributed by atoms with Crippen molar-refractivity contribution in [2.24, 2.45) is 0 Å². The maximum Gasteiger partial charge on any atom is 0.255 e. The number of piperidine rings is 1. The van der Waals surface area contributed by atoms with Crippen molar-refractivity contribution in [3.8, 4) is 0 Å². The minimum atomic E-state index is -3.62. The van der Waals surface area contributed by atoms with Crippen molar-refractivity contribution < 1.29 is 18.0 Å². The van der Waals surface area contributed by atoms with Crippen LogP contribution in [0.15, 0.2) is 47.4 Å². The van der Waals surface area contributed by atoms with Crippen LogP contribution < -0.4 is 10.6 Å². The number of hydrogen-bond donors (Lipinski definition) is 2. The topological polar surface area (TPSA) is 95.6 Å². The van der Waals surface area contributed by atoms with Gasteiger partial charge in [-0.2, -0.15) is 4.31 Å². The van der Waals surface area contributed by atoms with Crippen molar-refractivity contribution in [1.29, 1.82) is 0 Å². The first-order valence-electron chi connectivity index (χ1n) is 10.1. The molecule has 0 atom stereocenters. The SMILES string of the molecule is CCC(=O)Nc1ccc(C)c(NC(=O)c2cccc(S(=O)(=O)N3CCCCC3)c2)c1. The largest absolute Gasteiger partial charge is 0.326 e. The van der Waals surface area contributed by atoms with E-state index in [1.54, 1.807) is 37.3 Å². The predicted molar refractivity (Wildman–Crippen MR) is 117 cm³/mol. The summed E-state index contributed by atoms with van der Waals surface area (Å²) in [5, 5.41) is 5.58. The van der Waals surface area contributed by atoms with E-state index in [9.17, 15) is 18.0 Å². The molecule has 2 aromatic carbocycles. The number of anilines is 2. The van der Waals surface area contributed by atoms with E-state index in [-0.39, 0.29) is 16.4 Å². The summed E-state index contributed by atoms with van der Waals surface area (Å²) < 4.78 is 27.3. The summed E-state index contributed by atoms with van der Waals surface area (Å²) >= 11 is 0. The van der Waals surface area contributed by atoms with Crippen molar-refractivity contribution in [2.75, 3.05) is 23.7 Å². The summed E-state index contributed by atoms with van der Waals surface area (Å²) in [5.74, 6) is -0.528. The van der Waals surface area contributed by atoms with Crippen LogP contribution in [0.5, 0.6) is 0 Å². The zero-order chi connectivity index (χ0) is 21.7. The van der Waals surface area contributed by atoms with Crippen molar-refractivity contribution in [3.63, 3.8) is 0 Å². The number of hydrogen-bond acceptors (Lipinski definition) is 4. The van der Waals surface area contributed by atoms with E-state index >= 15 is 0 Å². The Kier molecular flexibility index (Phi) is 6.89. The Labute approximate surface area is 177 Å². The smallest absolute Gasteiger partial charge is 0.255 e. The number of nitrogens with zero attached hydrogens (tertiary/aromatic N) is 1. The summed E-state index contributed by atoms with van der Waals surface area (Å²) in [6.45, 7) is 4.62. The molecule has 0 spiro atoms. The minimum absolute atomic E-state index is 0.119. The summed E-state index contributed by atoms with van der Waals surface area (Å²) in [5.41, 5.74) is 2.23. The van der Waals surface area contributed by atoms with Gasteiger partial charge in [0.1, 0.15) is 0 Å². The van der Waals surface area contributed by atoms with Crippen molar-refractivity contribution in [1.82, 2.24) is 4.31 Å². The Bertz CT molecular complexity index is 1040. The van der Waals surface area contributed by atoms with Crippen LogP contribution in [0.1, 0.15) is 48.5 Å². The molecule has 1 aliphatic heterocycles. The molecule has 1 heterocycles. The molecule has 8 heteroatoms. The zero-order valence-electron chi connectivity index (χ0n) is 17.3. The molecule has 0 aromatic heterocycles. The molecule has 1 aliphatic rings. The van der Waals surface area contributed by atoms with Gasteiger partial charge in [0.15, 0.2) is 0 Å². The van der Waals surface area contributed by atoms with Crippen molar-refractivity contribution in [2.45, 2.75) is 44.4 Å². The van der Waals surface area contributed by atoms with Gasteiger partial charge in [-0.05, 0) is 55.7 Å². The lowest BCUT2D eigenvalue weighted by molar-refractivity contribution is -0.115. The van der Waals surface area contributed by atoms with Crippen molar-refractivity contribution >= 4 is 33.2 Å². The lowest BCUT2D eigenvalue weighted by atomic mass is 10.1. The number of carbonyl (C=O) groups excluding carboxylic acids is 2. The quantitative estimate of drug-likeness (QED) is 0.731. The number of carbonyl (C=O) groups is 2. The Morgan fingerprint density at radius 1 is 1.00 bits per heavy atom. The molecule has 0 radical (unpaired) electrons. The molecule has 0 unspecified atom stereocenters. The van der Waals surface area contributed by atoms with Gasteiger partial charge in [0.2, 0.25) is 15.9 Å². The lowest BCUT2D eigenvalue weighted by Gasteiger charge is -2.26. The van der Waals surface area contributed by atoms with Crippen LogP contribution in [-0.4, -0.2) is 37.6 Å². The maximum absolute atomic E-state index is 12.9. The molecular weight excluding hydrogens is 402 g/mol. The second-order valence-electron chi connectivity index (χ2n) is 7.38. The zero-order valence-corrected chi connectivity index (χ0v) is 18.1. The van der Waals surface area contributed by atoms with E-state index in [2.05, 4.69) is 10.6 Å². The summed E-state index contributed by atoms with van der Waals surface area (Å²) in [7, 11) is -3.62. The molecule has 1 saturated heterocycles. The van der Waals surface area contributed by atoms with Crippen LogP contribution in [0.3, 0.4) is 0 Å². The van der Waals surface area contributed by atoms with Gasteiger partial charge in [0.25, 0.3) is 5.91 Å². The average molecular weight is 430 g/mol. The molecule has 2 aromatic rings. The van der Waals surface area contributed by atoms with Gasteiger partial charge in [-0.1, -0.05) is 25.5 Å². The van der Waals surface area contributed by atoms with E-state index in [1.807, 2.05) is 6.92 Å². The third-order valence-electron chi connectivity index (χ3n) is 5.14. The molecular formula is C22H27N3O4S. The first kappa shape index (κ1) is 22.0. The van der Waals surface area contributed by atoms with E-state index in [4.69, 9.17) is 0 Å². The highest BCUT2D eigenvalue weighted by Gasteiger charge is 2.26. The third kappa shape index (κ3) is 5.06. The second-order valence-corrected chi connectivity index (χ2v) is 9.32. The molecule has 0 saturated carbocycles. The number of amides is 2. The number of rotatable bonds is 6. The first-order valence-corrected chi connectivity index (χ1v) is 11.6. The van der Waals surface area contributed by atoms with E-state index in [1.165, 1.54) is 16.4 Å². The summed E-state index contributed by atoms with van der Waals surface area (Å²) in [4.78, 5) is 24.6. The van der Waals surface area contributed by atoms with Gasteiger partial charge >= 0.3 is 0 Å². The number of benzene rings is 2.